The van der Waals surface area contributed by atoms with Gasteiger partial charge in [0, 0.05) is 12.6 Å². The number of hydrogen-bond acceptors (Lipinski definition) is 2. The van der Waals surface area contributed by atoms with E-state index in [-0.39, 0.29) is 12.6 Å². The van der Waals surface area contributed by atoms with Gasteiger partial charge in [-0.3, -0.25) is 0 Å². The first-order valence-corrected chi connectivity index (χ1v) is 6.37. The molecule has 0 aliphatic heterocycles. The monoisotopic (exact) mass is 253 g/mol. The fourth-order valence-corrected chi connectivity index (χ4v) is 2.43. The van der Waals surface area contributed by atoms with Crippen LogP contribution in [0.3, 0.4) is 0 Å². The van der Waals surface area contributed by atoms with Crippen molar-refractivity contribution in [3.05, 3.63) is 0 Å². The van der Waals surface area contributed by atoms with Gasteiger partial charge in [0.2, 0.25) is 0 Å². The van der Waals surface area contributed by atoms with Crippen LogP contribution in [-0.4, -0.2) is 25.4 Å². The van der Waals surface area contributed by atoms with Gasteiger partial charge in [-0.25, -0.2) is 0 Å². The van der Waals surface area contributed by atoms with Gasteiger partial charge in [0.25, 0.3) is 0 Å². The predicted molar refractivity (Wildman–Crippen MR) is 60.7 cm³/mol. The van der Waals surface area contributed by atoms with Gasteiger partial charge in [0.15, 0.2) is 0 Å². The van der Waals surface area contributed by atoms with Crippen molar-refractivity contribution in [2.75, 3.05) is 13.2 Å². The molecule has 0 heterocycles. The van der Waals surface area contributed by atoms with E-state index >= 15 is 0 Å². The van der Waals surface area contributed by atoms with Crippen molar-refractivity contribution in [1.82, 2.24) is 0 Å². The van der Waals surface area contributed by atoms with Crippen LogP contribution in [0, 0.1) is 5.92 Å². The molecule has 1 rings (SSSR count). The van der Waals surface area contributed by atoms with E-state index in [0.29, 0.717) is 12.3 Å². The van der Waals surface area contributed by atoms with E-state index in [2.05, 4.69) is 4.74 Å². The lowest BCUT2D eigenvalue weighted by Gasteiger charge is -2.16. The van der Waals surface area contributed by atoms with Crippen LogP contribution in [0.15, 0.2) is 0 Å². The highest BCUT2D eigenvalue weighted by Crippen LogP contribution is 2.26. The Morgan fingerprint density at radius 3 is 2.59 bits per heavy atom. The largest absolute Gasteiger partial charge is 0.411 e. The van der Waals surface area contributed by atoms with Gasteiger partial charge in [0.05, 0.1) is 0 Å². The second-order valence-corrected chi connectivity index (χ2v) is 4.96. The van der Waals surface area contributed by atoms with E-state index in [1.807, 2.05) is 0 Å². The summed E-state index contributed by atoms with van der Waals surface area (Å²) in [6.45, 7) is -0.928. The molecule has 2 N–H and O–H groups in total. The minimum absolute atomic E-state index is 0.200. The third-order valence-electron chi connectivity index (χ3n) is 3.24. The molecule has 0 spiro atoms. The van der Waals surface area contributed by atoms with E-state index < -0.39 is 12.8 Å². The first-order valence-electron chi connectivity index (χ1n) is 6.37. The van der Waals surface area contributed by atoms with E-state index in [9.17, 15) is 13.2 Å². The van der Waals surface area contributed by atoms with Gasteiger partial charge in [-0.2, -0.15) is 13.2 Å². The SMILES string of the molecule is NC1CCCCC(CCCOCC(F)(F)F)C1. The average molecular weight is 253 g/mol. The summed E-state index contributed by atoms with van der Waals surface area (Å²) in [4.78, 5) is 0. The molecule has 0 aromatic rings. The summed E-state index contributed by atoms with van der Waals surface area (Å²) < 4.78 is 40.0. The number of alkyl halides is 3. The zero-order valence-corrected chi connectivity index (χ0v) is 10.1. The van der Waals surface area contributed by atoms with E-state index in [0.717, 1.165) is 25.7 Å². The van der Waals surface area contributed by atoms with Crippen LogP contribution in [-0.2, 0) is 4.74 Å². The average Bonchev–Trinajstić information content (AvgIpc) is 2.40. The Balaban J connectivity index is 2.05. The molecule has 2 nitrogen and oxygen atoms in total. The zero-order chi connectivity index (χ0) is 12.7. The molecular weight excluding hydrogens is 231 g/mol. The second-order valence-electron chi connectivity index (χ2n) is 4.96. The number of hydrogen-bond donors (Lipinski definition) is 1. The molecule has 2 atom stereocenters. The standard InChI is InChI=1S/C12H22F3NO/c13-12(14,15)9-17-7-3-5-10-4-1-2-6-11(16)8-10/h10-11H,1-9,16H2. The molecule has 2 unspecified atom stereocenters. The maximum absolute atomic E-state index is 11.8. The zero-order valence-electron chi connectivity index (χ0n) is 10.1. The van der Waals surface area contributed by atoms with Crippen LogP contribution >= 0.6 is 0 Å². The maximum atomic E-state index is 11.8. The highest BCUT2D eigenvalue weighted by molar-refractivity contribution is 4.73. The molecule has 0 bridgehead atoms. The van der Waals surface area contributed by atoms with E-state index in [1.54, 1.807) is 0 Å². The van der Waals surface area contributed by atoms with Crippen molar-refractivity contribution in [2.24, 2.45) is 11.7 Å². The van der Waals surface area contributed by atoms with Crippen molar-refractivity contribution in [3.8, 4) is 0 Å². The fraction of sp³-hybridized carbons (Fsp3) is 1.00. The summed E-state index contributed by atoms with van der Waals surface area (Å²) in [5.74, 6) is 0.571. The Morgan fingerprint density at radius 2 is 1.88 bits per heavy atom. The molecule has 0 radical (unpaired) electrons. The minimum Gasteiger partial charge on any atom is -0.372 e. The van der Waals surface area contributed by atoms with Crippen LogP contribution in [0.1, 0.15) is 44.9 Å². The molecule has 102 valence electrons. The van der Waals surface area contributed by atoms with Crippen molar-refractivity contribution >= 4 is 0 Å². The third kappa shape index (κ3) is 7.60. The third-order valence-corrected chi connectivity index (χ3v) is 3.24. The van der Waals surface area contributed by atoms with Gasteiger partial charge in [0.1, 0.15) is 6.61 Å². The molecule has 0 amide bonds. The van der Waals surface area contributed by atoms with Gasteiger partial charge >= 0.3 is 6.18 Å². The van der Waals surface area contributed by atoms with Crippen molar-refractivity contribution in [3.63, 3.8) is 0 Å². The summed E-state index contributed by atoms with van der Waals surface area (Å²) in [5.41, 5.74) is 5.93. The lowest BCUT2D eigenvalue weighted by molar-refractivity contribution is -0.174. The minimum atomic E-state index is -4.20. The highest BCUT2D eigenvalue weighted by atomic mass is 19.4. The number of rotatable bonds is 5. The predicted octanol–water partition coefficient (Wildman–Crippen LogP) is 3.25. The van der Waals surface area contributed by atoms with Crippen LogP contribution in [0.5, 0.6) is 0 Å². The Bertz CT molecular complexity index is 208. The molecule has 0 aromatic carbocycles. The highest BCUT2D eigenvalue weighted by Gasteiger charge is 2.27. The summed E-state index contributed by atoms with van der Waals surface area (Å²) in [6, 6.07) is 0.276. The number of ether oxygens (including phenoxy) is 1. The summed E-state index contributed by atoms with van der Waals surface area (Å²) in [7, 11) is 0. The van der Waals surface area contributed by atoms with Crippen LogP contribution < -0.4 is 5.73 Å². The number of nitrogens with two attached hydrogens (primary N) is 1. The van der Waals surface area contributed by atoms with Gasteiger partial charge in [-0.1, -0.05) is 19.3 Å². The van der Waals surface area contributed by atoms with Crippen molar-refractivity contribution in [2.45, 2.75) is 57.2 Å². The van der Waals surface area contributed by atoms with Crippen LogP contribution in [0.2, 0.25) is 0 Å². The Morgan fingerprint density at radius 1 is 1.18 bits per heavy atom. The molecule has 0 aromatic heterocycles. The van der Waals surface area contributed by atoms with Gasteiger partial charge in [-0.15, -0.1) is 0 Å². The van der Waals surface area contributed by atoms with Crippen molar-refractivity contribution < 1.29 is 17.9 Å². The maximum Gasteiger partial charge on any atom is 0.411 e. The smallest absolute Gasteiger partial charge is 0.372 e. The molecule has 0 saturated heterocycles. The normalized spacial score (nSPS) is 26.8. The second kappa shape index (κ2) is 7.21. The van der Waals surface area contributed by atoms with Gasteiger partial charge < -0.3 is 10.5 Å². The Hall–Kier alpha value is -0.290. The first kappa shape index (κ1) is 14.8. The molecular formula is C12H22F3NO. The molecule has 1 saturated carbocycles. The van der Waals surface area contributed by atoms with Crippen molar-refractivity contribution in [1.29, 1.82) is 0 Å². The number of halogens is 3. The van der Waals surface area contributed by atoms with Gasteiger partial charge in [-0.05, 0) is 31.6 Å². The Kier molecular flexibility index (Phi) is 6.27. The lowest BCUT2D eigenvalue weighted by atomic mass is 9.94. The first-order chi connectivity index (χ1) is 7.97. The molecule has 17 heavy (non-hydrogen) atoms. The molecule has 1 aliphatic rings. The van der Waals surface area contributed by atoms with Crippen LogP contribution in [0.4, 0.5) is 13.2 Å². The Labute approximate surface area is 101 Å². The van der Waals surface area contributed by atoms with Crippen LogP contribution in [0.25, 0.3) is 0 Å². The lowest BCUT2D eigenvalue weighted by Crippen LogP contribution is -2.22. The molecule has 5 heteroatoms. The topological polar surface area (TPSA) is 35.2 Å². The summed E-state index contributed by atoms with van der Waals surface area (Å²) in [6.07, 6.45) is 3.07. The quantitative estimate of drug-likeness (QED) is 0.603. The summed E-state index contributed by atoms with van der Waals surface area (Å²) >= 11 is 0. The van der Waals surface area contributed by atoms with E-state index in [4.69, 9.17) is 5.73 Å². The molecule has 1 fully saturated rings. The van der Waals surface area contributed by atoms with E-state index in [1.165, 1.54) is 12.8 Å². The molecule has 1 aliphatic carbocycles. The fourth-order valence-electron chi connectivity index (χ4n) is 2.43. The summed E-state index contributed by atoms with van der Waals surface area (Å²) in [5, 5.41) is 0.